The Kier molecular flexibility index (Phi) is 20.9. The van der Waals surface area contributed by atoms with Gasteiger partial charge in [-0.05, 0) is 62.9 Å². The Balaban J connectivity index is 2.88. The van der Waals surface area contributed by atoms with Gasteiger partial charge in [0.15, 0.2) is 0 Å². The number of alkyl carbamates (subject to hydrolysis) is 2. The monoisotopic (exact) mass is 1010 g/mol. The van der Waals surface area contributed by atoms with Crippen molar-refractivity contribution in [2.75, 3.05) is 20.8 Å². The SMILES string of the molecule is COC(=O)N[C@H](C(=O)N[C@@H](Cc1ccc(/C(C=N)=C/NC(F)F)cc1)[C@@H](O)CN(Cc1c(F)cc(/C(C=N)=C/NC(F)F)cc1F)NC(=O)[C@@H](NC(=O)OC)C(C)(C)C(F)(F)F)C(C)(C)C(F)(F)F. The third kappa shape index (κ3) is 16.3. The van der Waals surface area contributed by atoms with E-state index in [1.807, 2.05) is 5.43 Å². The Labute approximate surface area is 386 Å². The van der Waals surface area contributed by atoms with Crippen molar-refractivity contribution in [3.8, 4) is 0 Å². The Bertz CT molecular complexity index is 2170. The number of benzene rings is 2. The summed E-state index contributed by atoms with van der Waals surface area (Å²) in [4.78, 5) is 52.1. The third-order valence-corrected chi connectivity index (χ3v) is 10.4. The van der Waals surface area contributed by atoms with Crippen molar-refractivity contribution in [1.82, 2.24) is 37.0 Å². The molecule has 69 heavy (non-hydrogen) atoms. The number of nitrogens with one attached hydrogen (secondary N) is 8. The first kappa shape index (κ1) is 58.5. The maximum Gasteiger partial charge on any atom is 0.407 e. The Morgan fingerprint density at radius 1 is 0.696 bits per heavy atom. The second-order valence-corrected chi connectivity index (χ2v) is 15.9. The summed E-state index contributed by atoms with van der Waals surface area (Å²) in [7, 11) is 1.50. The fourth-order valence-electron chi connectivity index (χ4n) is 6.02. The molecule has 2 aromatic rings. The molecule has 2 aromatic carbocycles. The minimum atomic E-state index is -5.27. The molecule has 4 atom stereocenters. The molecular weight excluding hydrogens is 958 g/mol. The van der Waals surface area contributed by atoms with E-state index >= 15 is 8.78 Å². The van der Waals surface area contributed by atoms with E-state index in [-0.39, 0.29) is 16.7 Å². The average molecular weight is 1010 g/mol. The lowest BCUT2D eigenvalue weighted by atomic mass is 9.82. The van der Waals surface area contributed by atoms with Crippen LogP contribution < -0.4 is 32.0 Å². The third-order valence-electron chi connectivity index (χ3n) is 10.4. The first-order chi connectivity index (χ1) is 31.8. The molecule has 0 aliphatic rings. The number of carbonyl (C=O) groups is 4. The van der Waals surface area contributed by atoms with Crippen LogP contribution in [-0.4, -0.2) is 117 Å². The number of methoxy groups -OCH3 is 2. The second kappa shape index (κ2) is 24.6. The molecule has 0 saturated carbocycles. The maximum atomic E-state index is 15.8. The van der Waals surface area contributed by atoms with Gasteiger partial charge in [-0.3, -0.25) is 15.0 Å². The molecule has 0 unspecified atom stereocenters. The minimum Gasteiger partial charge on any atom is -0.453 e. The number of hydrazine groups is 1. The van der Waals surface area contributed by atoms with Crippen LogP contribution in [0.25, 0.3) is 11.1 Å². The first-order valence-corrected chi connectivity index (χ1v) is 19.8. The molecule has 4 amide bonds. The highest BCUT2D eigenvalue weighted by Crippen LogP contribution is 2.42. The van der Waals surface area contributed by atoms with Crippen molar-refractivity contribution in [2.45, 2.75) is 90.3 Å². The highest BCUT2D eigenvalue weighted by atomic mass is 19.4. The normalized spacial score (nSPS) is 14.6. The topological polar surface area (TPSA) is 230 Å². The zero-order chi connectivity index (χ0) is 52.8. The number of allylic oxidation sites excluding steroid dienone is 2. The lowest BCUT2D eigenvalue weighted by Crippen LogP contribution is -2.63. The van der Waals surface area contributed by atoms with Gasteiger partial charge in [-0.1, -0.05) is 24.3 Å². The van der Waals surface area contributed by atoms with Crippen molar-refractivity contribution in [3.63, 3.8) is 0 Å². The molecule has 0 spiro atoms. The summed E-state index contributed by atoms with van der Waals surface area (Å²) in [5, 5.41) is 36.2. The van der Waals surface area contributed by atoms with Gasteiger partial charge in [-0.15, -0.1) is 0 Å². The molecule has 384 valence electrons. The molecule has 0 aliphatic heterocycles. The fraction of sp³-hybridized carbons (Fsp3) is 0.463. The molecule has 9 N–H and O–H groups in total. The van der Waals surface area contributed by atoms with Crippen LogP contribution in [0.2, 0.25) is 0 Å². The molecule has 0 fully saturated rings. The minimum absolute atomic E-state index is 0.0830. The standard InChI is InChI=1S/C41H49F12N9O7/c1-38(2,40(48,49)50)30(59-36(66)68-5)32(64)58-28(11-20-7-9-21(10-8-20)23(14-54)16-56-34(44)45)29(63)19-62(61-33(65)31(60-37(67)69-6)39(3,4)41(51,52)53)18-25-26(42)12-22(13-27(25)43)24(15-55)17-57-35(46)47/h7-10,12-17,28-31,34-35,54-57,63H,11,18-19H2,1-6H3,(H,58,64)(H,59,66)(H,60,67)(H,61,65)/b23-16+,24-17+,54-14?,55-15?/t28-,29-,30+,31+/m0/s1. The van der Waals surface area contributed by atoms with Gasteiger partial charge in [0.2, 0.25) is 5.91 Å². The van der Waals surface area contributed by atoms with E-state index in [1.54, 1.807) is 16.0 Å². The van der Waals surface area contributed by atoms with E-state index in [0.29, 0.717) is 63.5 Å². The number of amides is 4. The van der Waals surface area contributed by atoms with Gasteiger partial charge in [-0.25, -0.2) is 23.4 Å². The van der Waals surface area contributed by atoms with Gasteiger partial charge in [-0.2, -0.15) is 43.9 Å². The first-order valence-electron chi connectivity index (χ1n) is 19.8. The second-order valence-electron chi connectivity index (χ2n) is 15.9. The van der Waals surface area contributed by atoms with E-state index < -0.39 is 132 Å². The summed E-state index contributed by atoms with van der Waals surface area (Å²) >= 11 is 0. The molecule has 16 nitrogen and oxygen atoms in total. The van der Waals surface area contributed by atoms with E-state index in [9.17, 15) is 68.2 Å². The van der Waals surface area contributed by atoms with E-state index in [4.69, 9.17) is 10.8 Å². The zero-order valence-corrected chi connectivity index (χ0v) is 37.2. The van der Waals surface area contributed by atoms with Gasteiger partial charge < -0.3 is 52.0 Å². The number of carbonyl (C=O) groups excluding carboxylic acids is 4. The lowest BCUT2D eigenvalue weighted by Gasteiger charge is -2.38. The summed E-state index contributed by atoms with van der Waals surface area (Å²) in [6.45, 7) is -6.63. The van der Waals surface area contributed by atoms with Crippen molar-refractivity contribution in [2.24, 2.45) is 10.8 Å². The Morgan fingerprint density at radius 2 is 1.12 bits per heavy atom. The number of alkyl halides is 10. The number of ether oxygens (including phenoxy) is 2. The van der Waals surface area contributed by atoms with Gasteiger partial charge in [0, 0.05) is 54.6 Å². The number of aliphatic hydroxyl groups is 1. The predicted octanol–water partition coefficient (Wildman–Crippen LogP) is 6.12. The Morgan fingerprint density at radius 3 is 1.51 bits per heavy atom. The number of aliphatic hydroxyl groups excluding tert-OH is 1. The smallest absolute Gasteiger partial charge is 0.407 e. The molecule has 0 aromatic heterocycles. The van der Waals surface area contributed by atoms with Crippen LogP contribution in [-0.2, 0) is 32.0 Å². The van der Waals surface area contributed by atoms with Crippen LogP contribution in [0.3, 0.4) is 0 Å². The molecule has 28 heteroatoms. The number of halogens is 12. The van der Waals surface area contributed by atoms with E-state index in [0.717, 1.165) is 20.4 Å². The molecule has 0 aliphatic carbocycles. The Hall–Kier alpha value is -6.58. The van der Waals surface area contributed by atoms with Crippen LogP contribution in [0.4, 0.5) is 62.3 Å². The van der Waals surface area contributed by atoms with Crippen molar-refractivity contribution in [1.29, 1.82) is 10.8 Å². The molecule has 0 radical (unpaired) electrons. The van der Waals surface area contributed by atoms with Crippen LogP contribution in [0.5, 0.6) is 0 Å². The van der Waals surface area contributed by atoms with E-state index in [2.05, 4.69) is 14.8 Å². The molecular formula is C41H49F12N9O7. The van der Waals surface area contributed by atoms with Gasteiger partial charge >= 0.3 is 37.6 Å². The maximum absolute atomic E-state index is 15.8. The average Bonchev–Trinajstić information content (AvgIpc) is 3.24. The molecule has 0 saturated heterocycles. The van der Waals surface area contributed by atoms with Gasteiger partial charge in [0.25, 0.3) is 5.91 Å². The summed E-state index contributed by atoms with van der Waals surface area (Å²) in [6, 6.07) is -0.919. The highest BCUT2D eigenvalue weighted by molar-refractivity contribution is 6.08. The van der Waals surface area contributed by atoms with Crippen molar-refractivity contribution >= 4 is 47.6 Å². The van der Waals surface area contributed by atoms with Crippen LogP contribution in [0, 0.1) is 33.3 Å². The number of hydrogen-bond acceptors (Lipinski definition) is 12. The largest absolute Gasteiger partial charge is 0.453 e. The lowest BCUT2D eigenvalue weighted by molar-refractivity contribution is -0.221. The summed E-state index contributed by atoms with van der Waals surface area (Å²) in [5.41, 5.74) is -6.19. The zero-order valence-electron chi connectivity index (χ0n) is 37.2. The fourth-order valence-corrected chi connectivity index (χ4v) is 6.02. The van der Waals surface area contributed by atoms with Crippen molar-refractivity contribution in [3.05, 3.63) is 82.7 Å². The molecule has 2 rings (SSSR count). The number of nitrogens with zero attached hydrogens (tertiary/aromatic N) is 1. The summed E-state index contributed by atoms with van der Waals surface area (Å²) in [6.07, 6.45) is -14.0. The van der Waals surface area contributed by atoms with Crippen LogP contribution in [0.15, 0.2) is 48.8 Å². The summed E-state index contributed by atoms with van der Waals surface area (Å²) < 4.78 is 178. The quantitative estimate of drug-likeness (QED) is 0.0268. The number of rotatable bonds is 23. The van der Waals surface area contributed by atoms with Gasteiger partial charge in [0.05, 0.1) is 37.2 Å². The number of hydrogen-bond donors (Lipinski definition) is 9. The predicted molar refractivity (Wildman–Crippen MR) is 223 cm³/mol. The molecule has 0 heterocycles. The van der Waals surface area contributed by atoms with Crippen LogP contribution in [0.1, 0.15) is 49.9 Å². The van der Waals surface area contributed by atoms with Crippen LogP contribution >= 0.6 is 0 Å². The highest BCUT2D eigenvalue weighted by Gasteiger charge is 2.57. The van der Waals surface area contributed by atoms with Crippen molar-refractivity contribution < 1.29 is 86.4 Å². The molecule has 0 bridgehead atoms. The van der Waals surface area contributed by atoms with E-state index in [1.165, 1.54) is 29.6 Å². The van der Waals surface area contributed by atoms with Gasteiger partial charge in [0.1, 0.15) is 23.7 Å². The summed E-state index contributed by atoms with van der Waals surface area (Å²) in [5.74, 6) is -6.45.